The number of rotatable bonds is 9. The molecule has 3 rings (SSSR count). The summed E-state index contributed by atoms with van der Waals surface area (Å²) in [5.74, 6) is -0.198. The number of hydrogen-bond acceptors (Lipinski definition) is 4. The van der Waals surface area contributed by atoms with Crippen LogP contribution in [0, 0.1) is 5.92 Å². The summed E-state index contributed by atoms with van der Waals surface area (Å²) in [6.45, 7) is 3.94. The quantitative estimate of drug-likeness (QED) is 0.389. The van der Waals surface area contributed by atoms with E-state index in [4.69, 9.17) is 4.74 Å². The van der Waals surface area contributed by atoms with Gasteiger partial charge in [-0.1, -0.05) is 32.0 Å². The van der Waals surface area contributed by atoms with Gasteiger partial charge in [0, 0.05) is 22.9 Å². The summed E-state index contributed by atoms with van der Waals surface area (Å²) in [6.07, 6.45) is 1.50. The molecule has 0 aliphatic rings. The van der Waals surface area contributed by atoms with Gasteiger partial charge in [0.25, 0.3) is 11.8 Å². The van der Waals surface area contributed by atoms with Crippen molar-refractivity contribution in [1.29, 1.82) is 0 Å². The molecule has 7 heteroatoms. The lowest BCUT2D eigenvalue weighted by Crippen LogP contribution is -2.22. The summed E-state index contributed by atoms with van der Waals surface area (Å²) in [5, 5.41) is 8.50. The Hall–Kier alpha value is -4.13. The highest BCUT2D eigenvalue weighted by Gasteiger charge is 2.17. The van der Waals surface area contributed by atoms with Gasteiger partial charge >= 0.3 is 0 Å². The summed E-state index contributed by atoms with van der Waals surface area (Å²) < 4.78 is 5.13. The van der Waals surface area contributed by atoms with Crippen LogP contribution in [-0.2, 0) is 4.79 Å². The largest absolute Gasteiger partial charge is 0.497 e. The second-order valence-corrected chi connectivity index (χ2v) is 7.77. The van der Waals surface area contributed by atoms with Gasteiger partial charge in [-0.2, -0.15) is 0 Å². The predicted octanol–water partition coefficient (Wildman–Crippen LogP) is 5.57. The average molecular weight is 460 g/mol. The third-order valence-electron chi connectivity index (χ3n) is 5.52. The number of carbonyl (C=O) groups excluding carboxylic acids is 3. The molecule has 0 saturated carbocycles. The molecule has 3 N–H and O–H groups in total. The second kappa shape index (κ2) is 11.7. The average Bonchev–Trinajstić information content (AvgIpc) is 2.85. The van der Waals surface area contributed by atoms with Gasteiger partial charge in [-0.3, -0.25) is 14.4 Å². The molecule has 0 unspecified atom stereocenters. The number of anilines is 3. The molecular weight excluding hydrogens is 430 g/mol. The molecule has 176 valence electrons. The van der Waals surface area contributed by atoms with Crippen LogP contribution in [0.25, 0.3) is 0 Å². The lowest BCUT2D eigenvalue weighted by atomic mass is 10.0. The molecule has 0 aliphatic heterocycles. The molecule has 0 aliphatic carbocycles. The van der Waals surface area contributed by atoms with Crippen molar-refractivity contribution in [2.75, 3.05) is 23.1 Å². The highest BCUT2D eigenvalue weighted by atomic mass is 16.5. The zero-order valence-electron chi connectivity index (χ0n) is 19.6. The molecule has 0 fully saturated rings. The number of methoxy groups -OCH3 is 1. The molecule has 0 heterocycles. The van der Waals surface area contributed by atoms with Crippen LogP contribution in [0.5, 0.6) is 5.75 Å². The van der Waals surface area contributed by atoms with Gasteiger partial charge in [0.05, 0.1) is 18.4 Å². The first kappa shape index (κ1) is 24.5. The highest BCUT2D eigenvalue weighted by Crippen LogP contribution is 2.21. The van der Waals surface area contributed by atoms with Crippen molar-refractivity contribution in [3.8, 4) is 5.75 Å². The lowest BCUT2D eigenvalue weighted by Gasteiger charge is -2.14. The molecule has 34 heavy (non-hydrogen) atoms. The molecule has 0 radical (unpaired) electrons. The third-order valence-corrected chi connectivity index (χ3v) is 5.52. The summed E-state index contributed by atoms with van der Waals surface area (Å²) in [7, 11) is 1.57. The van der Waals surface area contributed by atoms with Crippen LogP contribution in [0.4, 0.5) is 17.1 Å². The maximum absolute atomic E-state index is 12.9. The maximum Gasteiger partial charge on any atom is 0.257 e. The van der Waals surface area contributed by atoms with Crippen molar-refractivity contribution in [2.24, 2.45) is 5.92 Å². The minimum Gasteiger partial charge on any atom is -0.497 e. The van der Waals surface area contributed by atoms with Crippen LogP contribution in [0.1, 0.15) is 47.4 Å². The summed E-state index contributed by atoms with van der Waals surface area (Å²) >= 11 is 0. The topological polar surface area (TPSA) is 96.5 Å². The number of para-hydroxylation sites is 1. The second-order valence-electron chi connectivity index (χ2n) is 7.77. The fourth-order valence-corrected chi connectivity index (χ4v) is 3.50. The minimum atomic E-state index is -0.386. The molecule has 0 aromatic heterocycles. The van der Waals surface area contributed by atoms with Gasteiger partial charge in [0.2, 0.25) is 5.91 Å². The zero-order chi connectivity index (χ0) is 24.5. The molecule has 3 aromatic carbocycles. The SMILES string of the molecule is CCC(CC)C(=O)Nc1cccc(C(=O)Nc2ccccc2C(=O)Nc2ccc(OC)cc2)c1. The Bertz CT molecular complexity index is 1150. The lowest BCUT2D eigenvalue weighted by molar-refractivity contribution is -0.120. The normalized spacial score (nSPS) is 10.5. The smallest absolute Gasteiger partial charge is 0.257 e. The number of nitrogens with one attached hydrogen (secondary N) is 3. The van der Waals surface area contributed by atoms with E-state index in [9.17, 15) is 14.4 Å². The maximum atomic E-state index is 12.9. The number of carbonyl (C=O) groups is 3. The molecule has 0 atom stereocenters. The fourth-order valence-electron chi connectivity index (χ4n) is 3.50. The number of ether oxygens (including phenoxy) is 1. The molecule has 0 saturated heterocycles. The first-order valence-corrected chi connectivity index (χ1v) is 11.2. The molecule has 7 nitrogen and oxygen atoms in total. The molecule has 0 bridgehead atoms. The summed E-state index contributed by atoms with van der Waals surface area (Å²) in [4.78, 5) is 38.2. The van der Waals surface area contributed by atoms with E-state index in [0.717, 1.165) is 12.8 Å². The number of amides is 3. The van der Waals surface area contributed by atoms with E-state index in [0.29, 0.717) is 33.9 Å². The number of benzene rings is 3. The van der Waals surface area contributed by atoms with Crippen LogP contribution in [0.2, 0.25) is 0 Å². The van der Waals surface area contributed by atoms with E-state index in [1.54, 1.807) is 79.9 Å². The molecule has 0 spiro atoms. The van der Waals surface area contributed by atoms with Crippen molar-refractivity contribution in [3.05, 3.63) is 83.9 Å². The van der Waals surface area contributed by atoms with E-state index >= 15 is 0 Å². The van der Waals surface area contributed by atoms with E-state index in [1.807, 2.05) is 13.8 Å². The van der Waals surface area contributed by atoms with E-state index < -0.39 is 0 Å². The van der Waals surface area contributed by atoms with E-state index in [1.165, 1.54) is 0 Å². The van der Waals surface area contributed by atoms with Gasteiger partial charge in [-0.15, -0.1) is 0 Å². The first-order chi connectivity index (χ1) is 16.4. The third kappa shape index (κ3) is 6.22. The van der Waals surface area contributed by atoms with Gasteiger partial charge in [-0.25, -0.2) is 0 Å². The van der Waals surface area contributed by atoms with Gasteiger partial charge in [-0.05, 0) is 67.4 Å². The van der Waals surface area contributed by atoms with Crippen LogP contribution >= 0.6 is 0 Å². The van der Waals surface area contributed by atoms with E-state index in [-0.39, 0.29) is 23.6 Å². The van der Waals surface area contributed by atoms with Gasteiger partial charge < -0.3 is 20.7 Å². The Labute approximate surface area is 199 Å². The summed E-state index contributed by atoms with van der Waals surface area (Å²) in [6, 6.07) is 20.5. The Morgan fingerprint density at radius 1 is 0.765 bits per heavy atom. The van der Waals surface area contributed by atoms with Crippen molar-refractivity contribution < 1.29 is 19.1 Å². The van der Waals surface area contributed by atoms with Crippen molar-refractivity contribution in [2.45, 2.75) is 26.7 Å². The van der Waals surface area contributed by atoms with Gasteiger partial charge in [0.1, 0.15) is 5.75 Å². The Balaban J connectivity index is 1.73. The zero-order valence-corrected chi connectivity index (χ0v) is 19.6. The monoisotopic (exact) mass is 459 g/mol. The molecule has 3 amide bonds. The van der Waals surface area contributed by atoms with Crippen LogP contribution in [0.3, 0.4) is 0 Å². The van der Waals surface area contributed by atoms with Crippen molar-refractivity contribution >= 4 is 34.8 Å². The van der Waals surface area contributed by atoms with Crippen molar-refractivity contribution in [3.63, 3.8) is 0 Å². The Morgan fingerprint density at radius 3 is 2.15 bits per heavy atom. The van der Waals surface area contributed by atoms with Crippen LogP contribution in [-0.4, -0.2) is 24.8 Å². The minimum absolute atomic E-state index is 0.0666. The summed E-state index contributed by atoms with van der Waals surface area (Å²) in [5.41, 5.74) is 2.23. The Morgan fingerprint density at radius 2 is 1.47 bits per heavy atom. The van der Waals surface area contributed by atoms with Gasteiger partial charge in [0.15, 0.2) is 0 Å². The predicted molar refractivity (Wildman–Crippen MR) is 134 cm³/mol. The van der Waals surface area contributed by atoms with Crippen LogP contribution in [0.15, 0.2) is 72.8 Å². The first-order valence-electron chi connectivity index (χ1n) is 11.2. The standard InChI is InChI=1S/C27H29N3O4/c1-4-18(5-2)25(31)29-21-10-8-9-19(17-21)26(32)30-24-12-7-6-11-23(24)27(33)28-20-13-15-22(34-3)16-14-20/h6-18H,4-5H2,1-3H3,(H,28,33)(H,29,31)(H,30,32). The van der Waals surface area contributed by atoms with Crippen molar-refractivity contribution in [1.82, 2.24) is 0 Å². The molecular formula is C27H29N3O4. The van der Waals surface area contributed by atoms with Crippen LogP contribution < -0.4 is 20.7 Å². The fraction of sp³-hybridized carbons (Fsp3) is 0.222. The Kier molecular flexibility index (Phi) is 8.40. The molecule has 3 aromatic rings. The highest BCUT2D eigenvalue weighted by molar-refractivity contribution is 6.12. The number of hydrogen-bond donors (Lipinski definition) is 3. The van der Waals surface area contributed by atoms with E-state index in [2.05, 4.69) is 16.0 Å².